The molecule has 0 saturated carbocycles. The van der Waals surface area contributed by atoms with Crippen molar-refractivity contribution in [3.05, 3.63) is 265 Å². The molecular weight excluding hydrogens is 821 g/mol. The first kappa shape index (κ1) is 39.3. The van der Waals surface area contributed by atoms with Gasteiger partial charge in [-0.25, -0.2) is 15.0 Å². The average molecular weight is 861 g/mol. The molecule has 0 aliphatic carbocycles. The molecule has 1 aliphatic rings. The lowest BCUT2D eigenvalue weighted by Gasteiger charge is -2.42. The molecular formula is C61H40N4S. The summed E-state index contributed by atoms with van der Waals surface area (Å²) in [5.41, 5.74) is 14.8. The third-order valence-corrected chi connectivity index (χ3v) is 13.9. The van der Waals surface area contributed by atoms with Gasteiger partial charge < -0.3 is 0 Å². The van der Waals surface area contributed by atoms with E-state index in [2.05, 4.69) is 218 Å². The number of nitrogens with zero attached hydrogens (tertiary/aromatic N) is 4. The third kappa shape index (κ3) is 6.98. The van der Waals surface area contributed by atoms with Crippen LogP contribution in [0.1, 0.15) is 22.3 Å². The molecule has 12 rings (SSSR count). The van der Waals surface area contributed by atoms with Crippen molar-refractivity contribution >= 4 is 22.7 Å². The van der Waals surface area contributed by atoms with Gasteiger partial charge in [0, 0.05) is 43.6 Å². The molecule has 0 saturated heterocycles. The van der Waals surface area contributed by atoms with Gasteiger partial charge in [0.1, 0.15) is 0 Å². The fourth-order valence-corrected chi connectivity index (χ4v) is 10.8. The summed E-state index contributed by atoms with van der Waals surface area (Å²) in [5, 5.41) is 1.12. The standard InChI is InChI=1S/C61H40N4S/c1-5-15-41(16-6-1)43-26-30-46(31-27-43)58-63-59(47-32-28-44(29-33-47)42-17-7-2-8-18-42)65-60(64-58)49-35-37-54-56(40-49)66-55-39-48(52-25-13-19-45-20-14-38-62-57(45)52)34-36-53(55)61(54,50-21-9-3-10-22-50)51-23-11-4-12-24-51/h1-40H. The first-order chi connectivity index (χ1) is 32.7. The molecule has 9 aromatic carbocycles. The number of para-hydroxylation sites is 1. The van der Waals surface area contributed by atoms with Gasteiger partial charge in [-0.1, -0.05) is 230 Å². The van der Waals surface area contributed by atoms with E-state index in [9.17, 15) is 0 Å². The van der Waals surface area contributed by atoms with Crippen LogP contribution in [0.2, 0.25) is 0 Å². The maximum atomic E-state index is 5.26. The van der Waals surface area contributed by atoms with Crippen molar-refractivity contribution in [3.63, 3.8) is 0 Å². The molecule has 0 spiro atoms. The zero-order valence-corrected chi connectivity index (χ0v) is 36.6. The summed E-state index contributed by atoms with van der Waals surface area (Å²) < 4.78 is 0. The van der Waals surface area contributed by atoms with Crippen LogP contribution in [0.4, 0.5) is 0 Å². The number of aromatic nitrogens is 4. The first-order valence-corrected chi connectivity index (χ1v) is 23.0. The van der Waals surface area contributed by atoms with Gasteiger partial charge in [0.25, 0.3) is 0 Å². The van der Waals surface area contributed by atoms with Crippen molar-refractivity contribution in [2.24, 2.45) is 0 Å². The van der Waals surface area contributed by atoms with Crippen molar-refractivity contribution in [1.29, 1.82) is 0 Å². The van der Waals surface area contributed by atoms with Gasteiger partial charge in [0.05, 0.1) is 10.9 Å². The minimum atomic E-state index is -0.608. The Morgan fingerprint density at radius 2 is 0.727 bits per heavy atom. The molecule has 1 aliphatic heterocycles. The van der Waals surface area contributed by atoms with Crippen LogP contribution in [0.5, 0.6) is 0 Å². The van der Waals surface area contributed by atoms with Crippen molar-refractivity contribution in [1.82, 2.24) is 19.9 Å². The highest BCUT2D eigenvalue weighted by Crippen LogP contribution is 2.57. The van der Waals surface area contributed by atoms with E-state index < -0.39 is 5.41 Å². The highest BCUT2D eigenvalue weighted by Gasteiger charge is 2.44. The topological polar surface area (TPSA) is 51.6 Å². The quantitative estimate of drug-likeness (QED) is 0.152. The summed E-state index contributed by atoms with van der Waals surface area (Å²) in [6.45, 7) is 0. The van der Waals surface area contributed by atoms with Crippen LogP contribution in [0.25, 0.3) is 78.4 Å². The number of rotatable bonds is 8. The second-order valence-corrected chi connectivity index (χ2v) is 17.7. The molecule has 0 amide bonds. The second kappa shape index (κ2) is 16.7. The van der Waals surface area contributed by atoms with E-state index in [-0.39, 0.29) is 0 Å². The summed E-state index contributed by atoms with van der Waals surface area (Å²) in [6, 6.07) is 84.1. The van der Waals surface area contributed by atoms with E-state index in [0.717, 1.165) is 65.9 Å². The summed E-state index contributed by atoms with van der Waals surface area (Å²) in [4.78, 5) is 22.8. The van der Waals surface area contributed by atoms with Crippen molar-refractivity contribution < 1.29 is 0 Å². The average Bonchev–Trinajstić information content (AvgIpc) is 3.40. The predicted octanol–water partition coefficient (Wildman–Crippen LogP) is 15.3. The molecule has 0 unspecified atom stereocenters. The number of hydrogen-bond donors (Lipinski definition) is 0. The van der Waals surface area contributed by atoms with E-state index in [1.807, 2.05) is 24.4 Å². The van der Waals surface area contributed by atoms with Crippen LogP contribution in [0.3, 0.4) is 0 Å². The smallest absolute Gasteiger partial charge is 0.164 e. The van der Waals surface area contributed by atoms with Crippen LogP contribution in [-0.2, 0) is 5.41 Å². The van der Waals surface area contributed by atoms with Crippen LogP contribution in [0.15, 0.2) is 253 Å². The van der Waals surface area contributed by atoms with Gasteiger partial charge >= 0.3 is 0 Å². The maximum absolute atomic E-state index is 5.26. The highest BCUT2D eigenvalue weighted by molar-refractivity contribution is 7.99. The van der Waals surface area contributed by atoms with Crippen molar-refractivity contribution in [2.75, 3.05) is 0 Å². The Labute approximate surface area is 388 Å². The lowest BCUT2D eigenvalue weighted by molar-refractivity contribution is 0.703. The largest absolute Gasteiger partial charge is 0.256 e. The lowest BCUT2D eigenvalue weighted by atomic mass is 9.64. The predicted molar refractivity (Wildman–Crippen MR) is 270 cm³/mol. The van der Waals surface area contributed by atoms with E-state index in [0.29, 0.717) is 17.5 Å². The Bertz CT molecular complexity index is 3380. The van der Waals surface area contributed by atoms with E-state index in [1.54, 1.807) is 11.8 Å². The number of hydrogen-bond acceptors (Lipinski definition) is 5. The summed E-state index contributed by atoms with van der Waals surface area (Å²) in [7, 11) is 0. The Kier molecular flexibility index (Phi) is 9.96. The Balaban J connectivity index is 1.04. The van der Waals surface area contributed by atoms with Crippen molar-refractivity contribution in [2.45, 2.75) is 15.2 Å². The van der Waals surface area contributed by atoms with E-state index in [1.165, 1.54) is 27.1 Å². The fourth-order valence-electron chi connectivity index (χ4n) is 9.55. The zero-order valence-electron chi connectivity index (χ0n) is 35.8. The molecule has 310 valence electrons. The Morgan fingerprint density at radius 1 is 0.318 bits per heavy atom. The first-order valence-electron chi connectivity index (χ1n) is 22.2. The second-order valence-electron chi connectivity index (χ2n) is 16.6. The lowest BCUT2D eigenvalue weighted by Crippen LogP contribution is -2.34. The van der Waals surface area contributed by atoms with Gasteiger partial charge in [0.2, 0.25) is 0 Å². The molecule has 11 aromatic rings. The van der Waals surface area contributed by atoms with Crippen LogP contribution < -0.4 is 0 Å². The number of benzene rings is 9. The molecule has 4 nitrogen and oxygen atoms in total. The Morgan fingerprint density at radius 3 is 1.26 bits per heavy atom. The normalized spacial score (nSPS) is 12.6. The molecule has 0 bridgehead atoms. The van der Waals surface area contributed by atoms with Gasteiger partial charge in [-0.3, -0.25) is 4.98 Å². The van der Waals surface area contributed by atoms with Crippen LogP contribution in [0, 0.1) is 0 Å². The molecule has 0 fully saturated rings. The highest BCUT2D eigenvalue weighted by atomic mass is 32.2. The number of fused-ring (bicyclic) bond motifs is 3. The van der Waals surface area contributed by atoms with Gasteiger partial charge in [-0.05, 0) is 68.3 Å². The summed E-state index contributed by atoms with van der Waals surface area (Å²) >= 11 is 1.81. The minimum Gasteiger partial charge on any atom is -0.256 e. The maximum Gasteiger partial charge on any atom is 0.164 e. The molecule has 0 radical (unpaired) electrons. The van der Waals surface area contributed by atoms with E-state index >= 15 is 0 Å². The molecule has 66 heavy (non-hydrogen) atoms. The van der Waals surface area contributed by atoms with Gasteiger partial charge in [0.15, 0.2) is 17.5 Å². The molecule has 3 heterocycles. The molecule has 2 aromatic heterocycles. The van der Waals surface area contributed by atoms with E-state index in [4.69, 9.17) is 19.9 Å². The zero-order chi connectivity index (χ0) is 43.9. The molecule has 0 atom stereocenters. The van der Waals surface area contributed by atoms with Crippen LogP contribution >= 0.6 is 11.8 Å². The summed E-state index contributed by atoms with van der Waals surface area (Å²) in [5.74, 6) is 1.85. The Hall–Kier alpha value is -8.25. The summed E-state index contributed by atoms with van der Waals surface area (Å²) in [6.07, 6.45) is 1.88. The van der Waals surface area contributed by atoms with Crippen LogP contribution in [-0.4, -0.2) is 19.9 Å². The minimum absolute atomic E-state index is 0.608. The molecule has 5 heteroatoms. The SMILES string of the molecule is c1ccc(-c2ccc(-c3nc(-c4ccc(-c5ccccc5)cc4)nc(-c4ccc5c(c4)Sc4cc(-c6cccc7cccnc67)ccc4C5(c4ccccc4)c4ccccc4)n3)cc2)cc1. The monoisotopic (exact) mass is 860 g/mol. The number of pyridine rings is 1. The van der Waals surface area contributed by atoms with Gasteiger partial charge in [-0.15, -0.1) is 0 Å². The molecule has 0 N–H and O–H groups in total. The van der Waals surface area contributed by atoms with Crippen molar-refractivity contribution in [3.8, 4) is 67.5 Å². The third-order valence-electron chi connectivity index (χ3n) is 12.7. The van der Waals surface area contributed by atoms with Gasteiger partial charge in [-0.2, -0.15) is 0 Å². The fraction of sp³-hybridized carbons (Fsp3) is 0.0164.